The van der Waals surface area contributed by atoms with Gasteiger partial charge in [0.25, 0.3) is 0 Å². The number of hydrogen-bond donors (Lipinski definition) is 1. The molecule has 2 heterocycles. The van der Waals surface area contributed by atoms with Crippen molar-refractivity contribution in [1.82, 2.24) is 25.1 Å². The molecule has 0 spiro atoms. The van der Waals surface area contributed by atoms with Crippen LogP contribution in [-0.2, 0) is 17.6 Å². The van der Waals surface area contributed by atoms with Gasteiger partial charge in [0.05, 0.1) is 16.8 Å². The van der Waals surface area contributed by atoms with Gasteiger partial charge in [-0.25, -0.2) is 4.98 Å². The predicted molar refractivity (Wildman–Crippen MR) is 113 cm³/mol. The molecule has 2 aromatic heterocycles. The zero-order valence-electron chi connectivity index (χ0n) is 16.1. The smallest absolute Gasteiger partial charge is 0.230 e. The topological polar surface area (TPSA) is 72.7 Å². The number of thioether (sulfide) groups is 2. The Morgan fingerprint density at radius 3 is 2.68 bits per heavy atom. The van der Waals surface area contributed by atoms with Crippen molar-refractivity contribution in [2.75, 3.05) is 5.75 Å². The molecule has 0 bridgehead atoms. The van der Waals surface area contributed by atoms with Crippen molar-refractivity contribution in [1.29, 1.82) is 0 Å². The van der Waals surface area contributed by atoms with Crippen LogP contribution < -0.4 is 5.32 Å². The van der Waals surface area contributed by atoms with Crippen LogP contribution in [0.25, 0.3) is 0 Å². The lowest BCUT2D eigenvalue weighted by Gasteiger charge is -2.13. The third-order valence-corrected chi connectivity index (χ3v) is 6.25. The lowest BCUT2D eigenvalue weighted by Crippen LogP contribution is -2.29. The molecule has 1 atom stereocenters. The van der Waals surface area contributed by atoms with Crippen molar-refractivity contribution < 1.29 is 4.79 Å². The summed E-state index contributed by atoms with van der Waals surface area (Å²) < 4.78 is 1.94. The van der Waals surface area contributed by atoms with E-state index in [0.29, 0.717) is 5.75 Å². The highest BCUT2D eigenvalue weighted by Crippen LogP contribution is 2.24. The molecule has 0 saturated heterocycles. The largest absolute Gasteiger partial charge is 0.346 e. The van der Waals surface area contributed by atoms with Crippen molar-refractivity contribution in [3.8, 4) is 0 Å². The summed E-state index contributed by atoms with van der Waals surface area (Å²) in [4.78, 5) is 16.5. The molecule has 0 fully saturated rings. The Kier molecular flexibility index (Phi) is 7.11. The number of benzene rings is 1. The minimum atomic E-state index is -0.220. The van der Waals surface area contributed by atoms with E-state index >= 15 is 0 Å². The number of pyridine rings is 1. The van der Waals surface area contributed by atoms with Crippen molar-refractivity contribution in [3.05, 3.63) is 65.6 Å². The number of rotatable bonds is 8. The normalized spacial score (nSPS) is 12.0. The Hall–Kier alpha value is -2.32. The molecule has 146 valence electrons. The molecule has 0 radical (unpaired) electrons. The van der Waals surface area contributed by atoms with E-state index in [1.807, 2.05) is 48.9 Å². The molecule has 3 aromatic rings. The Morgan fingerprint density at radius 2 is 1.93 bits per heavy atom. The van der Waals surface area contributed by atoms with Gasteiger partial charge in [-0.2, -0.15) is 0 Å². The summed E-state index contributed by atoms with van der Waals surface area (Å²) in [5.41, 5.74) is 2.55. The van der Waals surface area contributed by atoms with Crippen LogP contribution in [0, 0.1) is 6.92 Å². The molecule has 0 aliphatic rings. The number of nitrogens with zero attached hydrogens (tertiary/aromatic N) is 4. The molecule has 8 heteroatoms. The number of nitrogens with one attached hydrogen (secondary N) is 1. The number of amides is 1. The number of carbonyl (C=O) groups excluding carboxylic acids is 1. The lowest BCUT2D eigenvalue weighted by molar-refractivity contribution is -0.119. The van der Waals surface area contributed by atoms with E-state index in [4.69, 9.17) is 0 Å². The van der Waals surface area contributed by atoms with E-state index in [9.17, 15) is 4.79 Å². The van der Waals surface area contributed by atoms with Crippen molar-refractivity contribution >= 4 is 29.4 Å². The molecule has 1 N–H and O–H groups in total. The van der Waals surface area contributed by atoms with Gasteiger partial charge in [0, 0.05) is 19.0 Å². The summed E-state index contributed by atoms with van der Waals surface area (Å²) in [5.74, 6) is 1.83. The van der Waals surface area contributed by atoms with Crippen LogP contribution in [-0.4, -0.2) is 31.4 Å². The highest BCUT2D eigenvalue weighted by molar-refractivity contribution is 7.99. The van der Waals surface area contributed by atoms with E-state index in [0.717, 1.165) is 21.8 Å². The summed E-state index contributed by atoms with van der Waals surface area (Å²) in [6, 6.07) is 13.8. The van der Waals surface area contributed by atoms with Crippen LogP contribution in [0.15, 0.2) is 58.8 Å². The third kappa shape index (κ3) is 5.36. The van der Waals surface area contributed by atoms with E-state index in [-0.39, 0.29) is 11.9 Å². The molecule has 1 aromatic carbocycles. The molecule has 0 aliphatic heterocycles. The Bertz CT molecular complexity index is 929. The summed E-state index contributed by atoms with van der Waals surface area (Å²) in [7, 11) is 1.93. The van der Waals surface area contributed by atoms with Crippen LogP contribution in [0.1, 0.15) is 29.9 Å². The Balaban J connectivity index is 1.55. The minimum absolute atomic E-state index is 0.0553. The number of aromatic nitrogens is 4. The van der Waals surface area contributed by atoms with Crippen molar-refractivity contribution in [3.63, 3.8) is 0 Å². The maximum atomic E-state index is 12.2. The van der Waals surface area contributed by atoms with Crippen LogP contribution in [0.2, 0.25) is 0 Å². The van der Waals surface area contributed by atoms with Crippen LogP contribution >= 0.6 is 23.5 Å². The lowest BCUT2D eigenvalue weighted by atomic mass is 10.1. The molecule has 0 saturated carbocycles. The zero-order valence-corrected chi connectivity index (χ0v) is 17.8. The molecule has 1 amide bonds. The summed E-state index contributed by atoms with van der Waals surface area (Å²) in [5, 5.41) is 13.2. The van der Waals surface area contributed by atoms with E-state index < -0.39 is 0 Å². The molecule has 3 rings (SSSR count). The fourth-order valence-corrected chi connectivity index (χ4v) is 4.33. The zero-order chi connectivity index (χ0) is 19.9. The summed E-state index contributed by atoms with van der Waals surface area (Å²) >= 11 is 3.06. The number of carbonyl (C=O) groups is 1. The Labute approximate surface area is 173 Å². The molecule has 1 unspecified atom stereocenters. The molecular formula is C20H23N5OS2. The maximum absolute atomic E-state index is 12.2. The first kappa shape index (κ1) is 20.4. The standard InChI is InChI=1S/C20H23N5OS2/c1-14-8-4-5-9-16(14)12-28-20-24-23-19(25(20)3)15(2)22-17(26)13-27-18-10-6-7-11-21-18/h4-11,15H,12-13H2,1-3H3,(H,22,26). The molecule has 0 aliphatic carbocycles. The third-order valence-electron chi connectivity index (χ3n) is 4.24. The fraction of sp³-hybridized carbons (Fsp3) is 0.300. The maximum Gasteiger partial charge on any atom is 0.230 e. The van der Waals surface area contributed by atoms with Crippen molar-refractivity contribution in [2.24, 2.45) is 7.05 Å². The van der Waals surface area contributed by atoms with Gasteiger partial charge in [-0.05, 0) is 37.1 Å². The minimum Gasteiger partial charge on any atom is -0.346 e. The van der Waals surface area contributed by atoms with Gasteiger partial charge < -0.3 is 9.88 Å². The quantitative estimate of drug-likeness (QED) is 0.567. The average molecular weight is 414 g/mol. The summed E-state index contributed by atoms with van der Waals surface area (Å²) in [6.07, 6.45) is 1.72. The van der Waals surface area contributed by atoms with Gasteiger partial charge in [-0.1, -0.05) is 53.9 Å². The average Bonchev–Trinajstić information content (AvgIpc) is 3.07. The van der Waals surface area contributed by atoms with Gasteiger partial charge in [-0.3, -0.25) is 4.79 Å². The first-order valence-corrected chi connectivity index (χ1v) is 10.9. The van der Waals surface area contributed by atoms with Gasteiger partial charge >= 0.3 is 0 Å². The van der Waals surface area contributed by atoms with E-state index in [1.54, 1.807) is 18.0 Å². The fourth-order valence-electron chi connectivity index (χ4n) is 2.66. The molecule has 28 heavy (non-hydrogen) atoms. The van der Waals surface area contributed by atoms with Gasteiger partial charge in [-0.15, -0.1) is 10.2 Å². The Morgan fingerprint density at radius 1 is 1.14 bits per heavy atom. The van der Waals surface area contributed by atoms with Crippen molar-refractivity contribution in [2.45, 2.75) is 35.8 Å². The second-order valence-corrected chi connectivity index (χ2v) is 8.30. The first-order chi connectivity index (χ1) is 13.5. The second-order valence-electron chi connectivity index (χ2n) is 6.36. The first-order valence-electron chi connectivity index (χ1n) is 8.94. The SMILES string of the molecule is Cc1ccccc1CSc1nnc(C(C)NC(=O)CSc2ccccn2)n1C. The predicted octanol–water partition coefficient (Wildman–Crippen LogP) is 3.78. The van der Waals surface area contributed by atoms with Gasteiger partial charge in [0.1, 0.15) is 0 Å². The highest BCUT2D eigenvalue weighted by atomic mass is 32.2. The highest BCUT2D eigenvalue weighted by Gasteiger charge is 2.18. The summed E-state index contributed by atoms with van der Waals surface area (Å²) in [6.45, 7) is 4.03. The number of aryl methyl sites for hydroxylation is 1. The van der Waals surface area contributed by atoms with E-state index in [1.165, 1.54) is 22.9 Å². The second kappa shape index (κ2) is 9.75. The molecule has 6 nitrogen and oxygen atoms in total. The van der Waals surface area contributed by atoms with Crippen LogP contribution in [0.3, 0.4) is 0 Å². The van der Waals surface area contributed by atoms with Crippen LogP contribution in [0.4, 0.5) is 0 Å². The molecular weight excluding hydrogens is 390 g/mol. The number of hydrogen-bond acceptors (Lipinski definition) is 6. The monoisotopic (exact) mass is 413 g/mol. The van der Waals surface area contributed by atoms with Gasteiger partial charge in [0.2, 0.25) is 5.91 Å². The van der Waals surface area contributed by atoms with Crippen LogP contribution in [0.5, 0.6) is 0 Å². The van der Waals surface area contributed by atoms with E-state index in [2.05, 4.69) is 39.6 Å². The van der Waals surface area contributed by atoms with Gasteiger partial charge in [0.15, 0.2) is 11.0 Å².